The molecule has 2 N–H and O–H groups in total. The normalized spacial score (nSPS) is 31.7. The topological polar surface area (TPSA) is 44.4 Å². The lowest BCUT2D eigenvalue weighted by atomic mass is 9.64. The Balaban J connectivity index is 1.57. The molecule has 21 heavy (non-hydrogen) atoms. The molecule has 2 heterocycles. The molecule has 3 rings (SSSR count). The molecule has 120 valence electrons. The highest BCUT2D eigenvalue weighted by Gasteiger charge is 2.51. The molecule has 1 amide bonds. The fraction of sp³-hybridized carbons (Fsp3) is 0.933. The highest BCUT2D eigenvalue weighted by Crippen LogP contribution is 2.49. The summed E-state index contributed by atoms with van der Waals surface area (Å²) in [5.74, 6) is 0.191. The van der Waals surface area contributed by atoms with E-state index in [1.54, 1.807) is 0 Å². The molecule has 2 unspecified atom stereocenters. The second-order valence-electron chi connectivity index (χ2n) is 6.78. The van der Waals surface area contributed by atoms with Crippen LogP contribution in [0.15, 0.2) is 0 Å². The molecule has 2 saturated heterocycles. The Morgan fingerprint density at radius 2 is 2.14 bits per heavy atom. The van der Waals surface area contributed by atoms with Crippen LogP contribution < -0.4 is 10.6 Å². The summed E-state index contributed by atoms with van der Waals surface area (Å²) in [6, 6.07) is -0.0319. The van der Waals surface area contributed by atoms with Crippen LogP contribution in [0.4, 0.5) is 8.78 Å². The van der Waals surface area contributed by atoms with E-state index < -0.39 is 6.43 Å². The molecule has 6 heteroatoms. The standard InChI is InChI=1S/C15H25F2N3O/c16-12(17)9-19-11-3-1-8-20(10-11)14(21)13-15(4-2-5-15)6-7-18-13/h11-13,18-19H,1-10H2. The van der Waals surface area contributed by atoms with Crippen molar-refractivity contribution in [2.24, 2.45) is 5.41 Å². The predicted octanol–water partition coefficient (Wildman–Crippen LogP) is 1.36. The van der Waals surface area contributed by atoms with E-state index in [0.29, 0.717) is 6.54 Å². The summed E-state index contributed by atoms with van der Waals surface area (Å²) >= 11 is 0. The molecule has 1 spiro atoms. The SMILES string of the molecule is O=C(C1NCCC12CCC2)N1CCCC(NCC(F)F)C1. The van der Waals surface area contributed by atoms with Gasteiger partial charge in [-0.3, -0.25) is 4.79 Å². The van der Waals surface area contributed by atoms with Crippen molar-refractivity contribution >= 4 is 5.91 Å². The van der Waals surface area contributed by atoms with Crippen LogP contribution in [0.3, 0.4) is 0 Å². The molecule has 0 radical (unpaired) electrons. The average Bonchev–Trinajstić information content (AvgIpc) is 2.89. The number of halogens is 2. The summed E-state index contributed by atoms with van der Waals surface area (Å²) in [5, 5.41) is 6.26. The van der Waals surface area contributed by atoms with Gasteiger partial charge in [0.1, 0.15) is 0 Å². The van der Waals surface area contributed by atoms with E-state index in [1.807, 2.05) is 4.90 Å². The van der Waals surface area contributed by atoms with E-state index in [2.05, 4.69) is 10.6 Å². The third-order valence-electron chi connectivity index (χ3n) is 5.47. The lowest BCUT2D eigenvalue weighted by Gasteiger charge is -2.44. The highest BCUT2D eigenvalue weighted by atomic mass is 19.3. The Hall–Kier alpha value is -0.750. The minimum Gasteiger partial charge on any atom is -0.340 e. The van der Waals surface area contributed by atoms with E-state index in [9.17, 15) is 13.6 Å². The molecule has 3 aliphatic rings. The van der Waals surface area contributed by atoms with Gasteiger partial charge in [-0.1, -0.05) is 6.42 Å². The van der Waals surface area contributed by atoms with Crippen molar-refractivity contribution in [1.82, 2.24) is 15.5 Å². The van der Waals surface area contributed by atoms with Crippen LogP contribution in [0.5, 0.6) is 0 Å². The molecule has 4 nitrogen and oxygen atoms in total. The molecule has 0 aromatic heterocycles. The number of nitrogens with one attached hydrogen (secondary N) is 2. The Kier molecular flexibility index (Phi) is 4.45. The molecule has 1 aliphatic carbocycles. The van der Waals surface area contributed by atoms with Gasteiger partial charge < -0.3 is 15.5 Å². The Morgan fingerprint density at radius 1 is 1.33 bits per heavy atom. The van der Waals surface area contributed by atoms with Gasteiger partial charge in [0.05, 0.1) is 12.6 Å². The Morgan fingerprint density at radius 3 is 2.81 bits per heavy atom. The molecule has 3 fully saturated rings. The van der Waals surface area contributed by atoms with Crippen molar-refractivity contribution < 1.29 is 13.6 Å². The smallest absolute Gasteiger partial charge is 0.250 e. The van der Waals surface area contributed by atoms with Crippen LogP contribution in [0.1, 0.15) is 38.5 Å². The van der Waals surface area contributed by atoms with E-state index >= 15 is 0 Å². The lowest BCUT2D eigenvalue weighted by molar-refractivity contribution is -0.138. The molecule has 2 aliphatic heterocycles. The van der Waals surface area contributed by atoms with Crippen molar-refractivity contribution in [2.45, 2.75) is 57.0 Å². The maximum Gasteiger partial charge on any atom is 0.250 e. The van der Waals surface area contributed by atoms with Crippen LogP contribution >= 0.6 is 0 Å². The zero-order valence-corrected chi connectivity index (χ0v) is 12.4. The first-order valence-corrected chi connectivity index (χ1v) is 8.14. The first-order chi connectivity index (χ1) is 10.1. The number of likely N-dealkylation sites (tertiary alicyclic amines) is 1. The van der Waals surface area contributed by atoms with E-state index in [4.69, 9.17) is 0 Å². The van der Waals surface area contributed by atoms with Gasteiger partial charge in [-0.15, -0.1) is 0 Å². The van der Waals surface area contributed by atoms with Gasteiger partial charge in [0.15, 0.2) is 0 Å². The second kappa shape index (κ2) is 6.16. The fourth-order valence-corrected chi connectivity index (χ4v) is 4.13. The first-order valence-electron chi connectivity index (χ1n) is 8.14. The van der Waals surface area contributed by atoms with Crippen LogP contribution in [0.2, 0.25) is 0 Å². The molecular weight excluding hydrogens is 276 g/mol. The Bertz CT molecular complexity index is 387. The molecule has 0 aromatic rings. The number of piperidine rings is 1. The van der Waals surface area contributed by atoms with Gasteiger partial charge in [-0.25, -0.2) is 8.78 Å². The number of alkyl halides is 2. The van der Waals surface area contributed by atoms with Gasteiger partial charge >= 0.3 is 0 Å². The van der Waals surface area contributed by atoms with Gasteiger partial charge in [0.25, 0.3) is 6.43 Å². The number of hydrogen-bond donors (Lipinski definition) is 2. The number of carbonyl (C=O) groups is 1. The zero-order valence-electron chi connectivity index (χ0n) is 12.4. The van der Waals surface area contributed by atoms with E-state index in [0.717, 1.165) is 45.2 Å². The molecule has 1 saturated carbocycles. The van der Waals surface area contributed by atoms with Crippen LogP contribution in [-0.4, -0.2) is 55.5 Å². The van der Waals surface area contributed by atoms with Crippen molar-refractivity contribution in [3.05, 3.63) is 0 Å². The minimum atomic E-state index is -2.33. The monoisotopic (exact) mass is 301 g/mol. The summed E-state index contributed by atoms with van der Waals surface area (Å²) in [4.78, 5) is 14.7. The largest absolute Gasteiger partial charge is 0.340 e. The van der Waals surface area contributed by atoms with Gasteiger partial charge in [0.2, 0.25) is 5.91 Å². The molecular formula is C15H25F2N3O. The van der Waals surface area contributed by atoms with Crippen LogP contribution in [0, 0.1) is 5.41 Å². The third-order valence-corrected chi connectivity index (χ3v) is 5.47. The summed E-state index contributed by atoms with van der Waals surface area (Å²) < 4.78 is 24.6. The Labute approximate surface area is 124 Å². The van der Waals surface area contributed by atoms with Crippen LogP contribution in [0.25, 0.3) is 0 Å². The average molecular weight is 301 g/mol. The maximum absolute atomic E-state index is 12.8. The maximum atomic E-state index is 12.8. The van der Waals surface area contributed by atoms with Crippen molar-refractivity contribution in [1.29, 1.82) is 0 Å². The summed E-state index contributed by atoms with van der Waals surface area (Å²) in [6.07, 6.45) is 4.07. The quantitative estimate of drug-likeness (QED) is 0.824. The predicted molar refractivity (Wildman–Crippen MR) is 76.3 cm³/mol. The first kappa shape index (κ1) is 15.2. The summed E-state index contributed by atoms with van der Waals surface area (Å²) in [6.45, 7) is 1.98. The highest BCUT2D eigenvalue weighted by molar-refractivity contribution is 5.83. The van der Waals surface area contributed by atoms with Gasteiger partial charge in [0, 0.05) is 19.1 Å². The number of rotatable bonds is 4. The zero-order chi connectivity index (χ0) is 14.9. The van der Waals surface area contributed by atoms with E-state index in [-0.39, 0.29) is 30.0 Å². The second-order valence-corrected chi connectivity index (χ2v) is 6.78. The minimum absolute atomic E-state index is 0.00967. The van der Waals surface area contributed by atoms with E-state index in [1.165, 1.54) is 6.42 Å². The van der Waals surface area contributed by atoms with Crippen molar-refractivity contribution in [3.63, 3.8) is 0 Å². The van der Waals surface area contributed by atoms with Crippen molar-refractivity contribution in [3.8, 4) is 0 Å². The van der Waals surface area contributed by atoms with Gasteiger partial charge in [-0.05, 0) is 44.1 Å². The number of carbonyl (C=O) groups excluding carboxylic acids is 1. The fourth-order valence-electron chi connectivity index (χ4n) is 4.13. The molecule has 0 bridgehead atoms. The number of amides is 1. The summed E-state index contributed by atoms with van der Waals surface area (Å²) in [5.41, 5.74) is 0.195. The third kappa shape index (κ3) is 3.06. The van der Waals surface area contributed by atoms with Crippen molar-refractivity contribution in [2.75, 3.05) is 26.2 Å². The van der Waals surface area contributed by atoms with Gasteiger partial charge in [-0.2, -0.15) is 0 Å². The van der Waals surface area contributed by atoms with Crippen LogP contribution in [-0.2, 0) is 4.79 Å². The number of nitrogens with zero attached hydrogens (tertiary/aromatic N) is 1. The molecule has 0 aromatic carbocycles. The molecule has 2 atom stereocenters. The number of hydrogen-bond acceptors (Lipinski definition) is 3. The summed E-state index contributed by atoms with van der Waals surface area (Å²) in [7, 11) is 0. The lowest BCUT2D eigenvalue weighted by Crippen LogP contribution is -2.57.